The summed E-state index contributed by atoms with van der Waals surface area (Å²) in [5.74, 6) is 1.52. The molecule has 0 unspecified atom stereocenters. The molecule has 0 aliphatic heterocycles. The Labute approximate surface area is 149 Å². The molecule has 0 fully saturated rings. The molecule has 3 nitrogen and oxygen atoms in total. The first kappa shape index (κ1) is 18.4. The number of carbonyl (C=O) groups excluding carboxylic acids is 1. The number of para-hydroxylation sites is 1. The van der Waals surface area contributed by atoms with Crippen LogP contribution in [-0.4, -0.2) is 31.8 Å². The number of anilines is 1. The number of aryl methyl sites for hydroxylation is 1. The Balaban J connectivity index is 1.57. The van der Waals surface area contributed by atoms with Crippen LogP contribution in [0.4, 0.5) is 5.69 Å². The third kappa shape index (κ3) is 6.28. The lowest BCUT2D eigenvalue weighted by atomic mass is 10.1. The molecule has 2 aromatic rings. The van der Waals surface area contributed by atoms with Gasteiger partial charge in [0.15, 0.2) is 0 Å². The van der Waals surface area contributed by atoms with E-state index in [-0.39, 0.29) is 5.91 Å². The van der Waals surface area contributed by atoms with E-state index in [0.29, 0.717) is 5.75 Å². The second-order valence-electron chi connectivity index (χ2n) is 5.88. The Morgan fingerprint density at radius 1 is 1.08 bits per heavy atom. The maximum Gasteiger partial charge on any atom is 0.230 e. The summed E-state index contributed by atoms with van der Waals surface area (Å²) < 4.78 is 0. The van der Waals surface area contributed by atoms with Crippen molar-refractivity contribution in [2.45, 2.75) is 19.1 Å². The molecule has 0 aliphatic rings. The number of rotatable bonds is 9. The highest BCUT2D eigenvalue weighted by Gasteiger charge is 2.04. The van der Waals surface area contributed by atoms with Gasteiger partial charge in [0.05, 0.1) is 5.75 Å². The van der Waals surface area contributed by atoms with Crippen LogP contribution in [0.5, 0.6) is 0 Å². The largest absolute Gasteiger partial charge is 0.375 e. The zero-order valence-electron chi connectivity index (χ0n) is 14.5. The number of hydrogen-bond acceptors (Lipinski definition) is 3. The highest BCUT2D eigenvalue weighted by molar-refractivity contribution is 7.99. The number of amides is 1. The van der Waals surface area contributed by atoms with Gasteiger partial charge in [0.25, 0.3) is 0 Å². The number of carbonyl (C=O) groups is 1. The minimum atomic E-state index is 0.121. The van der Waals surface area contributed by atoms with Crippen molar-refractivity contribution in [3.63, 3.8) is 0 Å². The van der Waals surface area contributed by atoms with E-state index in [2.05, 4.69) is 48.5 Å². The monoisotopic (exact) mass is 342 g/mol. The van der Waals surface area contributed by atoms with E-state index in [1.54, 1.807) is 11.8 Å². The molecular weight excluding hydrogens is 316 g/mol. The zero-order valence-corrected chi connectivity index (χ0v) is 15.3. The molecule has 2 aromatic carbocycles. The fraction of sp³-hybridized carbons (Fsp3) is 0.350. The summed E-state index contributed by atoms with van der Waals surface area (Å²) in [6, 6.07) is 18.6. The van der Waals surface area contributed by atoms with Crippen LogP contribution in [-0.2, 0) is 10.5 Å². The molecule has 1 N–H and O–H groups in total. The quantitative estimate of drug-likeness (QED) is 0.702. The maximum atomic E-state index is 11.9. The summed E-state index contributed by atoms with van der Waals surface area (Å²) in [5.41, 5.74) is 3.80. The first-order valence-corrected chi connectivity index (χ1v) is 9.47. The number of hydrogen-bond donors (Lipinski definition) is 1. The molecule has 0 saturated carbocycles. The number of benzene rings is 2. The van der Waals surface area contributed by atoms with Crippen molar-refractivity contribution in [3.05, 3.63) is 65.7 Å². The van der Waals surface area contributed by atoms with Crippen LogP contribution in [0.3, 0.4) is 0 Å². The Hall–Kier alpha value is -1.94. The summed E-state index contributed by atoms with van der Waals surface area (Å²) in [4.78, 5) is 14.1. The minimum Gasteiger partial charge on any atom is -0.375 e. The van der Waals surface area contributed by atoms with E-state index >= 15 is 0 Å². The Bertz CT molecular complexity index is 631. The Kier molecular flexibility index (Phi) is 7.69. The summed E-state index contributed by atoms with van der Waals surface area (Å²) >= 11 is 1.67. The van der Waals surface area contributed by atoms with Gasteiger partial charge in [-0.25, -0.2) is 0 Å². The molecule has 0 spiro atoms. The number of nitrogens with one attached hydrogen (secondary N) is 1. The van der Waals surface area contributed by atoms with Gasteiger partial charge < -0.3 is 10.2 Å². The average Bonchev–Trinajstić information content (AvgIpc) is 2.61. The molecule has 4 heteroatoms. The molecular formula is C20H26N2OS. The smallest absolute Gasteiger partial charge is 0.230 e. The van der Waals surface area contributed by atoms with Crippen LogP contribution in [0.25, 0.3) is 0 Å². The normalized spacial score (nSPS) is 10.4. The van der Waals surface area contributed by atoms with Crippen molar-refractivity contribution in [2.24, 2.45) is 0 Å². The van der Waals surface area contributed by atoms with Crippen molar-refractivity contribution in [3.8, 4) is 0 Å². The molecule has 0 atom stereocenters. The van der Waals surface area contributed by atoms with Crippen LogP contribution >= 0.6 is 11.8 Å². The predicted molar refractivity (Wildman–Crippen MR) is 105 cm³/mol. The third-order valence-corrected chi connectivity index (χ3v) is 4.92. The van der Waals surface area contributed by atoms with Crippen LogP contribution in [0.1, 0.15) is 17.5 Å². The standard InChI is InChI=1S/C20H26N2OS/c1-17-9-6-7-10-18(17)15-24-16-20(23)21-13-8-14-22(2)19-11-4-3-5-12-19/h3-7,9-12H,8,13-16H2,1-2H3,(H,21,23). The van der Waals surface area contributed by atoms with E-state index in [4.69, 9.17) is 0 Å². The number of nitrogens with zero attached hydrogens (tertiary/aromatic N) is 1. The van der Waals surface area contributed by atoms with Gasteiger partial charge in [-0.2, -0.15) is 0 Å². The van der Waals surface area contributed by atoms with Gasteiger partial charge in [0.2, 0.25) is 5.91 Å². The van der Waals surface area contributed by atoms with Gasteiger partial charge in [0, 0.05) is 31.6 Å². The molecule has 128 valence electrons. The number of thioether (sulfide) groups is 1. The van der Waals surface area contributed by atoms with E-state index in [1.165, 1.54) is 16.8 Å². The third-order valence-electron chi connectivity index (χ3n) is 3.94. The molecule has 24 heavy (non-hydrogen) atoms. The molecule has 0 aromatic heterocycles. The summed E-state index contributed by atoms with van der Waals surface area (Å²) in [6.07, 6.45) is 0.944. The lowest BCUT2D eigenvalue weighted by Gasteiger charge is -2.19. The van der Waals surface area contributed by atoms with Gasteiger partial charge >= 0.3 is 0 Å². The summed E-state index contributed by atoms with van der Waals surface area (Å²) in [7, 11) is 2.08. The first-order valence-electron chi connectivity index (χ1n) is 8.32. The second kappa shape index (κ2) is 10.0. The predicted octanol–water partition coefficient (Wildman–Crippen LogP) is 3.87. The van der Waals surface area contributed by atoms with E-state index in [0.717, 1.165) is 25.3 Å². The highest BCUT2D eigenvalue weighted by atomic mass is 32.2. The van der Waals surface area contributed by atoms with Gasteiger partial charge in [-0.1, -0.05) is 42.5 Å². The maximum absolute atomic E-state index is 11.9. The van der Waals surface area contributed by atoms with Crippen molar-refractivity contribution >= 4 is 23.4 Å². The van der Waals surface area contributed by atoms with Crippen molar-refractivity contribution in [2.75, 3.05) is 30.8 Å². The van der Waals surface area contributed by atoms with Gasteiger partial charge in [0.1, 0.15) is 0 Å². The van der Waals surface area contributed by atoms with E-state index < -0.39 is 0 Å². The molecule has 0 saturated heterocycles. The van der Waals surface area contributed by atoms with Crippen LogP contribution in [0.15, 0.2) is 54.6 Å². The van der Waals surface area contributed by atoms with E-state index in [1.807, 2.05) is 30.3 Å². The SMILES string of the molecule is Cc1ccccc1CSCC(=O)NCCCN(C)c1ccccc1. The van der Waals surface area contributed by atoms with Crippen molar-refractivity contribution < 1.29 is 4.79 Å². The molecule has 0 bridgehead atoms. The molecule has 0 heterocycles. The molecule has 0 radical (unpaired) electrons. The molecule has 0 aliphatic carbocycles. The van der Waals surface area contributed by atoms with Crippen molar-refractivity contribution in [1.29, 1.82) is 0 Å². The fourth-order valence-electron chi connectivity index (χ4n) is 2.43. The van der Waals surface area contributed by atoms with Gasteiger partial charge in [-0.3, -0.25) is 4.79 Å². The first-order chi connectivity index (χ1) is 11.7. The molecule has 1 amide bonds. The van der Waals surface area contributed by atoms with Gasteiger partial charge in [-0.15, -0.1) is 11.8 Å². The topological polar surface area (TPSA) is 32.3 Å². The van der Waals surface area contributed by atoms with Crippen LogP contribution in [0.2, 0.25) is 0 Å². The highest BCUT2D eigenvalue weighted by Crippen LogP contribution is 2.15. The minimum absolute atomic E-state index is 0.121. The average molecular weight is 343 g/mol. The van der Waals surface area contributed by atoms with Crippen LogP contribution < -0.4 is 10.2 Å². The lowest BCUT2D eigenvalue weighted by Crippen LogP contribution is -2.29. The Morgan fingerprint density at radius 3 is 2.54 bits per heavy atom. The zero-order chi connectivity index (χ0) is 17.2. The van der Waals surface area contributed by atoms with E-state index in [9.17, 15) is 4.79 Å². The fourth-order valence-corrected chi connectivity index (χ4v) is 3.37. The second-order valence-corrected chi connectivity index (χ2v) is 6.87. The summed E-state index contributed by atoms with van der Waals surface area (Å²) in [6.45, 7) is 3.76. The summed E-state index contributed by atoms with van der Waals surface area (Å²) in [5, 5.41) is 3.00. The Morgan fingerprint density at radius 2 is 1.79 bits per heavy atom. The van der Waals surface area contributed by atoms with Crippen LogP contribution in [0, 0.1) is 6.92 Å². The van der Waals surface area contributed by atoms with Crippen molar-refractivity contribution in [1.82, 2.24) is 5.32 Å². The molecule has 2 rings (SSSR count). The lowest BCUT2D eigenvalue weighted by molar-refractivity contribution is -0.118. The van der Waals surface area contributed by atoms with Gasteiger partial charge in [-0.05, 0) is 36.6 Å².